The molecule has 4 nitrogen and oxygen atoms in total. The van der Waals surface area contributed by atoms with Gasteiger partial charge in [-0.1, -0.05) is 6.07 Å². The monoisotopic (exact) mass is 260 g/mol. The maximum atomic E-state index is 13.1. The van der Waals surface area contributed by atoms with E-state index in [2.05, 4.69) is 10.3 Å². The fourth-order valence-electron chi connectivity index (χ4n) is 1.77. The fraction of sp³-hybridized carbons (Fsp3) is 0.143. The largest absolute Gasteiger partial charge is 0.478 e. The first-order chi connectivity index (χ1) is 9.08. The number of carbonyl (C=O) groups is 1. The summed E-state index contributed by atoms with van der Waals surface area (Å²) in [6, 6.07) is 7.21. The highest BCUT2D eigenvalue weighted by molar-refractivity contribution is 5.94. The molecule has 0 spiro atoms. The van der Waals surface area contributed by atoms with Crippen molar-refractivity contribution in [2.24, 2.45) is 0 Å². The van der Waals surface area contributed by atoms with E-state index in [1.807, 2.05) is 13.0 Å². The molecule has 1 unspecified atom stereocenters. The normalized spacial score (nSPS) is 11.9. The maximum absolute atomic E-state index is 13.1. The number of halogens is 1. The molecule has 0 fully saturated rings. The van der Waals surface area contributed by atoms with Gasteiger partial charge in [-0.3, -0.25) is 4.98 Å². The lowest BCUT2D eigenvalue weighted by atomic mass is 10.1. The Kier molecular flexibility index (Phi) is 3.75. The molecule has 5 heteroatoms. The van der Waals surface area contributed by atoms with Crippen molar-refractivity contribution < 1.29 is 14.3 Å². The van der Waals surface area contributed by atoms with Gasteiger partial charge < -0.3 is 10.4 Å². The third-order valence-corrected chi connectivity index (χ3v) is 2.77. The van der Waals surface area contributed by atoms with Crippen LogP contribution in [0.2, 0.25) is 0 Å². The van der Waals surface area contributed by atoms with Crippen LogP contribution in [0, 0.1) is 5.82 Å². The Bertz CT molecular complexity index is 587. The average molecular weight is 260 g/mol. The van der Waals surface area contributed by atoms with Crippen LogP contribution in [0.4, 0.5) is 10.1 Å². The number of carboxylic acid groups (broad SMARTS) is 1. The molecule has 1 atom stereocenters. The second-order valence-corrected chi connectivity index (χ2v) is 4.15. The van der Waals surface area contributed by atoms with E-state index in [0.29, 0.717) is 5.69 Å². The van der Waals surface area contributed by atoms with Gasteiger partial charge in [0, 0.05) is 18.1 Å². The molecule has 0 radical (unpaired) electrons. The van der Waals surface area contributed by atoms with Crippen LogP contribution in [0.5, 0.6) is 0 Å². The van der Waals surface area contributed by atoms with Crippen molar-refractivity contribution in [1.29, 1.82) is 0 Å². The molecular weight excluding hydrogens is 247 g/mol. The van der Waals surface area contributed by atoms with Crippen LogP contribution in [-0.2, 0) is 0 Å². The SMILES string of the molecule is CC(Nc1ccc(F)cc1C(=O)O)c1cccnc1. The number of benzene rings is 1. The second kappa shape index (κ2) is 5.48. The highest BCUT2D eigenvalue weighted by atomic mass is 19.1. The molecule has 2 N–H and O–H groups in total. The topological polar surface area (TPSA) is 62.2 Å². The zero-order chi connectivity index (χ0) is 13.8. The van der Waals surface area contributed by atoms with Gasteiger partial charge in [-0.25, -0.2) is 9.18 Å². The molecule has 19 heavy (non-hydrogen) atoms. The zero-order valence-electron chi connectivity index (χ0n) is 10.3. The predicted molar refractivity (Wildman–Crippen MR) is 69.6 cm³/mol. The smallest absolute Gasteiger partial charge is 0.337 e. The van der Waals surface area contributed by atoms with Crippen LogP contribution in [0.15, 0.2) is 42.7 Å². The average Bonchev–Trinajstić information content (AvgIpc) is 2.41. The van der Waals surface area contributed by atoms with Gasteiger partial charge in [-0.05, 0) is 36.8 Å². The van der Waals surface area contributed by atoms with Crippen LogP contribution in [0.3, 0.4) is 0 Å². The van der Waals surface area contributed by atoms with Gasteiger partial charge in [-0.15, -0.1) is 0 Å². The number of nitrogens with zero attached hydrogens (tertiary/aromatic N) is 1. The summed E-state index contributed by atoms with van der Waals surface area (Å²) in [5.41, 5.74) is 1.21. The molecule has 0 aliphatic rings. The lowest BCUT2D eigenvalue weighted by Gasteiger charge is -2.17. The van der Waals surface area contributed by atoms with Gasteiger partial charge in [0.05, 0.1) is 11.6 Å². The summed E-state index contributed by atoms with van der Waals surface area (Å²) >= 11 is 0. The molecule has 1 aromatic heterocycles. The van der Waals surface area contributed by atoms with Crippen molar-refractivity contribution in [1.82, 2.24) is 4.98 Å². The number of rotatable bonds is 4. The van der Waals surface area contributed by atoms with E-state index in [4.69, 9.17) is 5.11 Å². The van der Waals surface area contributed by atoms with Crippen molar-refractivity contribution >= 4 is 11.7 Å². The van der Waals surface area contributed by atoms with E-state index < -0.39 is 11.8 Å². The zero-order valence-corrected chi connectivity index (χ0v) is 10.3. The van der Waals surface area contributed by atoms with Gasteiger partial charge in [0.25, 0.3) is 0 Å². The van der Waals surface area contributed by atoms with Gasteiger partial charge in [0.1, 0.15) is 5.82 Å². The van der Waals surface area contributed by atoms with Crippen molar-refractivity contribution in [3.05, 3.63) is 59.7 Å². The van der Waals surface area contributed by atoms with Gasteiger partial charge >= 0.3 is 5.97 Å². The Labute approximate surface area is 109 Å². The molecule has 2 aromatic rings. The van der Waals surface area contributed by atoms with Gasteiger partial charge in [0.2, 0.25) is 0 Å². The molecule has 1 heterocycles. The third-order valence-electron chi connectivity index (χ3n) is 2.77. The summed E-state index contributed by atoms with van der Waals surface area (Å²) in [5, 5.41) is 12.1. The van der Waals surface area contributed by atoms with E-state index in [-0.39, 0.29) is 11.6 Å². The maximum Gasteiger partial charge on any atom is 0.337 e. The molecule has 0 saturated heterocycles. The van der Waals surface area contributed by atoms with Gasteiger partial charge in [0.15, 0.2) is 0 Å². The van der Waals surface area contributed by atoms with Crippen LogP contribution in [0.25, 0.3) is 0 Å². The van der Waals surface area contributed by atoms with Crippen LogP contribution in [0.1, 0.15) is 28.9 Å². The summed E-state index contributed by atoms with van der Waals surface area (Å²) in [7, 11) is 0. The molecule has 0 aliphatic carbocycles. The van der Waals surface area contributed by atoms with Crippen LogP contribution >= 0.6 is 0 Å². The molecule has 0 saturated carbocycles. The third kappa shape index (κ3) is 3.07. The van der Waals surface area contributed by atoms with Gasteiger partial charge in [-0.2, -0.15) is 0 Å². The molecule has 1 aromatic carbocycles. The first-order valence-corrected chi connectivity index (χ1v) is 5.77. The Morgan fingerprint density at radius 2 is 2.21 bits per heavy atom. The summed E-state index contributed by atoms with van der Waals surface area (Å²) in [6.07, 6.45) is 3.36. The quantitative estimate of drug-likeness (QED) is 0.886. The van der Waals surface area contributed by atoms with E-state index in [1.54, 1.807) is 18.5 Å². The molecule has 0 amide bonds. The van der Waals surface area contributed by atoms with Crippen molar-refractivity contribution in [2.45, 2.75) is 13.0 Å². The lowest BCUT2D eigenvalue weighted by Crippen LogP contribution is -2.11. The second-order valence-electron chi connectivity index (χ2n) is 4.15. The standard InChI is InChI=1S/C14H13FN2O2/c1-9(10-3-2-6-16-8-10)17-13-5-4-11(15)7-12(13)14(18)19/h2-9,17H,1H3,(H,18,19). The minimum atomic E-state index is -1.17. The summed E-state index contributed by atoms with van der Waals surface area (Å²) in [6.45, 7) is 1.88. The molecular formula is C14H13FN2O2. The first kappa shape index (κ1) is 13.0. The van der Waals surface area contributed by atoms with Crippen molar-refractivity contribution in [3.8, 4) is 0 Å². The predicted octanol–water partition coefficient (Wildman–Crippen LogP) is 3.09. The molecule has 0 aliphatic heterocycles. The van der Waals surface area contributed by atoms with E-state index >= 15 is 0 Å². The Morgan fingerprint density at radius 1 is 1.42 bits per heavy atom. The Morgan fingerprint density at radius 3 is 2.84 bits per heavy atom. The van der Waals surface area contributed by atoms with E-state index in [0.717, 1.165) is 11.6 Å². The molecule has 2 rings (SSSR count). The Hall–Kier alpha value is -2.43. The van der Waals surface area contributed by atoms with Crippen LogP contribution < -0.4 is 5.32 Å². The highest BCUT2D eigenvalue weighted by Crippen LogP contribution is 2.23. The van der Waals surface area contributed by atoms with E-state index in [1.165, 1.54) is 12.1 Å². The van der Waals surface area contributed by atoms with Crippen molar-refractivity contribution in [2.75, 3.05) is 5.32 Å². The number of hydrogen-bond acceptors (Lipinski definition) is 3. The number of anilines is 1. The molecule has 98 valence electrons. The van der Waals surface area contributed by atoms with E-state index in [9.17, 15) is 9.18 Å². The fourth-order valence-corrected chi connectivity index (χ4v) is 1.77. The lowest BCUT2D eigenvalue weighted by molar-refractivity contribution is 0.0697. The summed E-state index contributed by atoms with van der Waals surface area (Å²) < 4.78 is 13.1. The summed E-state index contributed by atoms with van der Waals surface area (Å²) in [4.78, 5) is 15.1. The van der Waals surface area contributed by atoms with Crippen LogP contribution in [-0.4, -0.2) is 16.1 Å². The number of hydrogen-bond donors (Lipinski definition) is 2. The number of aromatic carboxylic acids is 1. The number of aromatic nitrogens is 1. The summed E-state index contributed by atoms with van der Waals surface area (Å²) in [5.74, 6) is -1.74. The Balaban J connectivity index is 2.26. The number of nitrogens with one attached hydrogen (secondary N) is 1. The van der Waals surface area contributed by atoms with Crippen molar-refractivity contribution in [3.63, 3.8) is 0 Å². The first-order valence-electron chi connectivity index (χ1n) is 5.77. The number of carboxylic acids is 1. The number of pyridine rings is 1. The molecule has 0 bridgehead atoms. The minimum absolute atomic E-state index is 0.0873. The highest BCUT2D eigenvalue weighted by Gasteiger charge is 2.14. The minimum Gasteiger partial charge on any atom is -0.478 e.